The van der Waals surface area contributed by atoms with Gasteiger partial charge in [0.1, 0.15) is 0 Å². The Bertz CT molecular complexity index is 363. The van der Waals surface area contributed by atoms with Crippen molar-refractivity contribution in [1.29, 1.82) is 0 Å². The number of ether oxygens (including phenoxy) is 1. The van der Waals surface area contributed by atoms with Crippen molar-refractivity contribution in [3.8, 4) is 5.75 Å². The fourth-order valence-corrected chi connectivity index (χ4v) is 1.19. The second kappa shape index (κ2) is 15.1. The molecule has 0 unspecified atom stereocenters. The van der Waals surface area contributed by atoms with E-state index in [0.717, 1.165) is 10.6 Å². The molecular formula is C13H12ClCuMgOS. The van der Waals surface area contributed by atoms with Gasteiger partial charge in [-0.2, -0.15) is 36.4 Å². The molecule has 2 aromatic carbocycles. The minimum absolute atomic E-state index is 0. The number of hydrogen-bond donors (Lipinski definition) is 0. The van der Waals surface area contributed by atoms with E-state index in [1.54, 1.807) is 7.11 Å². The fraction of sp³-hybridized carbons (Fsp3) is 0.0769. The zero-order valence-electron chi connectivity index (χ0n) is 9.90. The van der Waals surface area contributed by atoms with Crippen LogP contribution >= 0.6 is 0 Å². The van der Waals surface area contributed by atoms with Crippen molar-refractivity contribution >= 4 is 35.7 Å². The summed E-state index contributed by atoms with van der Waals surface area (Å²) in [4.78, 5) is 0.764. The molecule has 0 heterocycles. The molecule has 0 bridgehead atoms. The van der Waals surface area contributed by atoms with Crippen molar-refractivity contribution in [1.82, 2.24) is 0 Å². The van der Waals surface area contributed by atoms with E-state index < -0.39 is 0 Å². The zero-order valence-corrected chi connectivity index (χ0v) is 13.8. The Morgan fingerprint density at radius 3 is 1.83 bits per heavy atom. The van der Waals surface area contributed by atoms with Crippen LogP contribution in [0.1, 0.15) is 0 Å². The number of halogens is 1. The van der Waals surface area contributed by atoms with Crippen molar-refractivity contribution in [2.45, 2.75) is 4.90 Å². The largest absolute Gasteiger partial charge is 2.00 e. The van der Waals surface area contributed by atoms with Crippen LogP contribution in [0.4, 0.5) is 0 Å². The predicted molar refractivity (Wildman–Crippen MR) is 69.7 cm³/mol. The van der Waals surface area contributed by atoms with Crippen LogP contribution in [0, 0.1) is 6.07 Å². The summed E-state index contributed by atoms with van der Waals surface area (Å²) in [5.41, 5.74) is 0. The van der Waals surface area contributed by atoms with Gasteiger partial charge < -0.3 is 29.8 Å². The van der Waals surface area contributed by atoms with Crippen LogP contribution in [0.5, 0.6) is 5.75 Å². The molecule has 0 radical (unpaired) electrons. The normalized spacial score (nSPS) is 7.17. The molecule has 0 saturated heterocycles. The molecule has 0 aliphatic heterocycles. The Hall–Kier alpha value is 0.0357. The Balaban J connectivity index is -0.000000225. The van der Waals surface area contributed by atoms with Crippen LogP contribution in [0.3, 0.4) is 0 Å². The second-order valence-corrected chi connectivity index (χ2v) is 3.17. The van der Waals surface area contributed by atoms with Crippen molar-refractivity contribution in [2.75, 3.05) is 7.11 Å². The van der Waals surface area contributed by atoms with Crippen LogP contribution in [0.25, 0.3) is 0 Å². The predicted octanol–water partition coefficient (Wildman–Crippen LogP) is -0.292. The quantitative estimate of drug-likeness (QED) is 0.401. The van der Waals surface area contributed by atoms with Gasteiger partial charge in [-0.05, 0) is 6.07 Å². The molecule has 2 aromatic rings. The maximum Gasteiger partial charge on any atom is 2.00 e. The van der Waals surface area contributed by atoms with E-state index in [2.05, 4.69) is 6.07 Å². The molecule has 0 aromatic heterocycles. The first kappa shape index (κ1) is 23.2. The van der Waals surface area contributed by atoms with Gasteiger partial charge in [-0.15, -0.1) is 4.90 Å². The van der Waals surface area contributed by atoms with Gasteiger partial charge >= 0.3 is 40.1 Å². The van der Waals surface area contributed by atoms with Gasteiger partial charge in [0, 0.05) is 0 Å². The summed E-state index contributed by atoms with van der Waals surface area (Å²) in [5, 5.41) is 0. The van der Waals surface area contributed by atoms with Crippen molar-refractivity contribution in [3.05, 3.63) is 60.7 Å². The second-order valence-electron chi connectivity index (χ2n) is 2.73. The third kappa shape index (κ3) is 10.0. The summed E-state index contributed by atoms with van der Waals surface area (Å²) in [7, 11) is 1.62. The molecule has 0 N–H and O–H groups in total. The standard InChI is InChI=1S/C7H8OS.C6H5.ClH.Cu.Mg/c1-8-6-4-2-3-5-7(6)9;1-2-4-6-5-3-1;;;/h2-5,9H,1H3;1-5H;1H;;/q;-1;;+1;+2/p-2. The van der Waals surface area contributed by atoms with Gasteiger partial charge in [-0.1, -0.05) is 18.2 Å². The van der Waals surface area contributed by atoms with Gasteiger partial charge in [0.25, 0.3) is 0 Å². The molecule has 0 atom stereocenters. The Morgan fingerprint density at radius 2 is 1.56 bits per heavy atom. The molecule has 0 aliphatic rings. The summed E-state index contributed by atoms with van der Waals surface area (Å²) in [6.07, 6.45) is 0. The Kier molecular flexibility index (Phi) is 19.4. The maximum absolute atomic E-state index is 4.94. The van der Waals surface area contributed by atoms with E-state index in [1.807, 2.05) is 54.6 Å². The average molecular weight is 340 g/mol. The van der Waals surface area contributed by atoms with E-state index in [0.29, 0.717) is 0 Å². The van der Waals surface area contributed by atoms with Crippen LogP contribution in [0.2, 0.25) is 0 Å². The first-order valence-electron chi connectivity index (χ1n) is 4.55. The number of benzene rings is 2. The van der Waals surface area contributed by atoms with Gasteiger partial charge in [0.05, 0.1) is 12.9 Å². The maximum atomic E-state index is 4.94. The Morgan fingerprint density at radius 1 is 1.00 bits per heavy atom. The van der Waals surface area contributed by atoms with Gasteiger partial charge in [0.2, 0.25) is 0 Å². The van der Waals surface area contributed by atoms with E-state index in [-0.39, 0.29) is 52.5 Å². The third-order valence-corrected chi connectivity index (χ3v) is 2.01. The van der Waals surface area contributed by atoms with Crippen LogP contribution in [-0.2, 0) is 29.7 Å². The third-order valence-electron chi connectivity index (χ3n) is 1.68. The first-order valence-corrected chi connectivity index (χ1v) is 4.96. The summed E-state index contributed by atoms with van der Waals surface area (Å²) < 4.78 is 4.94. The van der Waals surface area contributed by atoms with Crippen molar-refractivity contribution in [3.63, 3.8) is 0 Å². The van der Waals surface area contributed by atoms with E-state index in [1.165, 1.54) is 0 Å². The SMILES string of the molecule is COc1ccccc1[S-].[Cl-].[Cu+].[Mg+2].[c-]1ccccc1. The number of hydrogen-bond acceptors (Lipinski definition) is 2. The van der Waals surface area contributed by atoms with Gasteiger partial charge in [-0.3, -0.25) is 0 Å². The smallest absolute Gasteiger partial charge is 1.00 e. The van der Waals surface area contributed by atoms with Crippen LogP contribution in [0.15, 0.2) is 59.5 Å². The number of rotatable bonds is 1. The zero-order chi connectivity index (χ0) is 10.9. The Labute approximate surface area is 147 Å². The molecule has 0 amide bonds. The van der Waals surface area contributed by atoms with E-state index >= 15 is 0 Å². The minimum atomic E-state index is 0. The summed E-state index contributed by atoms with van der Waals surface area (Å²) in [5.74, 6) is 0.771. The molecule has 0 aliphatic carbocycles. The van der Waals surface area contributed by atoms with Crippen molar-refractivity contribution in [2.24, 2.45) is 0 Å². The minimum Gasteiger partial charge on any atom is -1.00 e. The van der Waals surface area contributed by atoms with Crippen LogP contribution in [-0.4, -0.2) is 30.2 Å². The molecule has 5 heteroatoms. The average Bonchev–Trinajstić information content (AvgIpc) is 2.33. The molecule has 0 spiro atoms. The topological polar surface area (TPSA) is 9.23 Å². The summed E-state index contributed by atoms with van der Waals surface area (Å²) in [6.45, 7) is 0. The monoisotopic (exact) mass is 338 g/mol. The first-order chi connectivity index (χ1) is 7.34. The van der Waals surface area contributed by atoms with Gasteiger partial charge in [0.15, 0.2) is 0 Å². The molecule has 0 saturated carbocycles. The molecular weight excluding hydrogens is 328 g/mol. The van der Waals surface area contributed by atoms with E-state index in [4.69, 9.17) is 17.4 Å². The summed E-state index contributed by atoms with van der Waals surface area (Å²) in [6, 6.07) is 20.0. The molecule has 18 heavy (non-hydrogen) atoms. The number of methoxy groups -OCH3 is 1. The molecule has 96 valence electrons. The summed E-state index contributed by atoms with van der Waals surface area (Å²) >= 11 is 4.93. The van der Waals surface area contributed by atoms with Crippen LogP contribution < -0.4 is 17.1 Å². The number of para-hydroxylation sites is 1. The van der Waals surface area contributed by atoms with Gasteiger partial charge in [-0.25, -0.2) is 0 Å². The molecule has 1 nitrogen and oxygen atoms in total. The van der Waals surface area contributed by atoms with Crippen molar-refractivity contribution < 1.29 is 34.2 Å². The molecule has 0 fully saturated rings. The fourth-order valence-electron chi connectivity index (χ4n) is 0.961. The molecule has 2 rings (SSSR count). The van der Waals surface area contributed by atoms with E-state index in [9.17, 15) is 0 Å².